The van der Waals surface area contributed by atoms with Gasteiger partial charge in [0, 0.05) is 28.4 Å². The lowest BCUT2D eigenvalue weighted by Crippen LogP contribution is -2.72. The molecule has 2 N–H and O–H groups in total. The second kappa shape index (κ2) is 8.40. The first-order chi connectivity index (χ1) is 17.3. The molecule has 0 saturated carbocycles. The number of imide groups is 1. The largest absolute Gasteiger partial charge is 0.372 e. The van der Waals surface area contributed by atoms with Crippen LogP contribution in [0.1, 0.15) is 43.2 Å². The first-order valence-electron chi connectivity index (χ1n) is 11.9. The molecular weight excluding hydrogens is 484 g/mol. The summed E-state index contributed by atoms with van der Waals surface area (Å²) in [5.74, 6) is -0.932. The van der Waals surface area contributed by atoms with Crippen LogP contribution in [0.2, 0.25) is 5.02 Å². The Bertz CT molecular complexity index is 1290. The van der Waals surface area contributed by atoms with Gasteiger partial charge in [-0.2, -0.15) is 0 Å². The van der Waals surface area contributed by atoms with Gasteiger partial charge in [-0.05, 0) is 56.2 Å². The Kier molecular flexibility index (Phi) is 5.40. The monoisotopic (exact) mass is 508 g/mol. The predicted molar refractivity (Wildman–Crippen MR) is 131 cm³/mol. The molecule has 2 aromatic rings. The number of fused-ring (bicyclic) bond motifs is 4. The topological polar surface area (TPSA) is 109 Å². The molecule has 2 aromatic carbocycles. The molecule has 186 valence electrons. The molecule has 10 heteroatoms. The lowest BCUT2D eigenvalue weighted by atomic mass is 9.63. The SMILES string of the molecule is C[C@@H]1CN2c3ccc(C4=NC(c5ccc(Cl)cc5)ON4)cc3C[C@@]3(C(=O)CC(=O)NC3=O)[C@H]2[C@H](C)O1. The Labute approximate surface area is 212 Å². The van der Waals surface area contributed by atoms with Gasteiger partial charge in [-0.25, -0.2) is 15.3 Å². The number of hydrogen-bond acceptors (Lipinski definition) is 8. The number of ketones is 1. The third-order valence-electron chi connectivity index (χ3n) is 7.46. The summed E-state index contributed by atoms with van der Waals surface area (Å²) in [5.41, 5.74) is 4.90. The van der Waals surface area contributed by atoms with Crippen LogP contribution in [-0.4, -0.2) is 48.2 Å². The van der Waals surface area contributed by atoms with Crippen molar-refractivity contribution >= 4 is 40.7 Å². The van der Waals surface area contributed by atoms with E-state index in [0.29, 0.717) is 17.4 Å². The van der Waals surface area contributed by atoms with Crippen molar-refractivity contribution in [2.24, 2.45) is 10.4 Å². The Morgan fingerprint density at radius 3 is 2.64 bits per heavy atom. The second-order valence-electron chi connectivity index (χ2n) is 9.82. The molecule has 9 nitrogen and oxygen atoms in total. The highest BCUT2D eigenvalue weighted by Crippen LogP contribution is 2.48. The first kappa shape index (κ1) is 23.1. The smallest absolute Gasteiger partial charge is 0.242 e. The third-order valence-corrected chi connectivity index (χ3v) is 7.72. The molecule has 0 radical (unpaired) electrons. The summed E-state index contributed by atoms with van der Waals surface area (Å²) in [7, 11) is 0. The van der Waals surface area contributed by atoms with Gasteiger partial charge in [-0.1, -0.05) is 23.7 Å². The summed E-state index contributed by atoms with van der Waals surface area (Å²) in [5, 5.41) is 3.05. The van der Waals surface area contributed by atoms with E-state index in [1.165, 1.54) is 0 Å². The van der Waals surface area contributed by atoms with E-state index in [-0.39, 0.29) is 30.8 Å². The van der Waals surface area contributed by atoms with Crippen molar-refractivity contribution < 1.29 is 24.0 Å². The maximum Gasteiger partial charge on any atom is 0.242 e. The van der Waals surface area contributed by atoms with Gasteiger partial charge in [0.2, 0.25) is 18.0 Å². The van der Waals surface area contributed by atoms with E-state index in [1.54, 1.807) is 12.1 Å². The summed E-state index contributed by atoms with van der Waals surface area (Å²) in [6.07, 6.45) is -1.14. The number of halogens is 1. The number of benzene rings is 2. The fraction of sp³-hybridized carbons (Fsp3) is 0.385. The maximum atomic E-state index is 13.4. The number of amidine groups is 1. The minimum absolute atomic E-state index is 0.0864. The number of Topliss-reactive ketones (excluding diaryl/α,β-unsaturated/α-hetero) is 1. The number of rotatable bonds is 2. The standard InChI is InChI=1S/C26H25ClN4O5/c1-13-12-31-19-8-5-16(23-29-24(36-30-23)15-3-6-18(27)7-4-15)9-17(19)11-26(22(31)14(2)35-13)20(32)10-21(33)28-25(26)34/h3-9,13-14,22,24H,10-12H2,1-2H3,(H,29,30)(H,28,33,34)/t13-,14+,22-,24?,26-/m1/s1. The van der Waals surface area contributed by atoms with Gasteiger partial charge in [-0.15, -0.1) is 0 Å². The van der Waals surface area contributed by atoms with Crippen LogP contribution in [0.25, 0.3) is 0 Å². The summed E-state index contributed by atoms with van der Waals surface area (Å²) in [6, 6.07) is 12.6. The molecule has 4 aliphatic heterocycles. The minimum Gasteiger partial charge on any atom is -0.372 e. The van der Waals surface area contributed by atoms with Crippen LogP contribution in [0.3, 0.4) is 0 Å². The van der Waals surface area contributed by atoms with Crippen molar-refractivity contribution in [1.29, 1.82) is 0 Å². The fourth-order valence-electron chi connectivity index (χ4n) is 5.98. The Morgan fingerprint density at radius 2 is 1.89 bits per heavy atom. The summed E-state index contributed by atoms with van der Waals surface area (Å²) in [6.45, 7) is 4.38. The molecule has 1 spiro atoms. The molecule has 6 rings (SSSR count). The molecular formula is C26H25ClN4O5. The lowest BCUT2D eigenvalue weighted by Gasteiger charge is -2.55. The maximum absolute atomic E-state index is 13.4. The van der Waals surface area contributed by atoms with Crippen LogP contribution in [0.4, 0.5) is 5.69 Å². The number of morpholine rings is 1. The van der Waals surface area contributed by atoms with Crippen LogP contribution in [-0.2, 0) is 30.4 Å². The zero-order valence-electron chi connectivity index (χ0n) is 19.8. The first-order valence-corrected chi connectivity index (χ1v) is 12.3. The van der Waals surface area contributed by atoms with Crippen LogP contribution in [0.5, 0.6) is 0 Å². The Morgan fingerprint density at radius 1 is 1.11 bits per heavy atom. The van der Waals surface area contributed by atoms with Gasteiger partial charge in [0.1, 0.15) is 5.41 Å². The highest BCUT2D eigenvalue weighted by Gasteiger charge is 2.62. The molecule has 1 unspecified atom stereocenters. The van der Waals surface area contributed by atoms with Crippen molar-refractivity contribution in [3.8, 4) is 0 Å². The number of carbonyl (C=O) groups excluding carboxylic acids is 3. The second-order valence-corrected chi connectivity index (χ2v) is 10.3. The molecule has 2 amide bonds. The fourth-order valence-corrected chi connectivity index (χ4v) is 6.10. The van der Waals surface area contributed by atoms with E-state index in [0.717, 1.165) is 22.4 Å². The molecule has 36 heavy (non-hydrogen) atoms. The van der Waals surface area contributed by atoms with Gasteiger partial charge in [0.15, 0.2) is 11.6 Å². The van der Waals surface area contributed by atoms with Crippen molar-refractivity contribution in [2.75, 3.05) is 11.4 Å². The van der Waals surface area contributed by atoms with Gasteiger partial charge in [-0.3, -0.25) is 19.7 Å². The Balaban J connectivity index is 1.40. The number of hydroxylamine groups is 1. The zero-order chi connectivity index (χ0) is 25.2. The van der Waals surface area contributed by atoms with Gasteiger partial charge in [0.05, 0.1) is 24.7 Å². The van der Waals surface area contributed by atoms with Gasteiger partial charge in [0.25, 0.3) is 0 Å². The van der Waals surface area contributed by atoms with Gasteiger partial charge >= 0.3 is 0 Å². The average molecular weight is 509 g/mol. The number of carbonyl (C=O) groups is 3. The van der Waals surface area contributed by atoms with E-state index in [9.17, 15) is 14.4 Å². The molecule has 5 atom stereocenters. The molecule has 2 saturated heterocycles. The van der Waals surface area contributed by atoms with Gasteiger partial charge < -0.3 is 9.64 Å². The molecule has 0 aliphatic carbocycles. The van der Waals surface area contributed by atoms with Crippen molar-refractivity contribution in [2.45, 2.75) is 51.2 Å². The average Bonchev–Trinajstić information content (AvgIpc) is 3.32. The number of ether oxygens (including phenoxy) is 1. The van der Waals surface area contributed by atoms with Crippen molar-refractivity contribution in [3.63, 3.8) is 0 Å². The van der Waals surface area contributed by atoms with E-state index >= 15 is 0 Å². The molecule has 4 heterocycles. The number of aliphatic imine (C=N–C) groups is 1. The summed E-state index contributed by atoms with van der Waals surface area (Å²) >= 11 is 5.99. The molecule has 2 fully saturated rings. The lowest BCUT2D eigenvalue weighted by molar-refractivity contribution is -0.158. The number of nitrogens with zero attached hydrogens (tertiary/aromatic N) is 2. The highest BCUT2D eigenvalue weighted by atomic mass is 35.5. The predicted octanol–water partition coefficient (Wildman–Crippen LogP) is 2.46. The quantitative estimate of drug-likeness (QED) is 0.473. The van der Waals surface area contributed by atoms with Crippen LogP contribution >= 0.6 is 11.6 Å². The van der Waals surface area contributed by atoms with Crippen molar-refractivity contribution in [1.82, 2.24) is 10.8 Å². The highest BCUT2D eigenvalue weighted by molar-refractivity contribution is 6.30. The summed E-state index contributed by atoms with van der Waals surface area (Å²) < 4.78 is 6.08. The zero-order valence-corrected chi connectivity index (χ0v) is 20.5. The number of hydrogen-bond donors (Lipinski definition) is 2. The van der Waals surface area contributed by atoms with E-state index in [4.69, 9.17) is 21.2 Å². The third kappa shape index (κ3) is 3.53. The number of piperidine rings is 1. The molecule has 4 aliphatic rings. The molecule has 0 bridgehead atoms. The number of nitrogens with one attached hydrogen (secondary N) is 2. The number of anilines is 1. The summed E-state index contributed by atoms with van der Waals surface area (Å²) in [4.78, 5) is 51.2. The number of amides is 2. The van der Waals surface area contributed by atoms with Crippen molar-refractivity contribution in [3.05, 3.63) is 64.2 Å². The Hall–Kier alpha value is -3.27. The van der Waals surface area contributed by atoms with Crippen LogP contribution < -0.4 is 15.7 Å². The minimum atomic E-state index is -1.41. The van der Waals surface area contributed by atoms with E-state index in [1.807, 2.05) is 44.2 Å². The van der Waals surface area contributed by atoms with Crippen LogP contribution in [0.15, 0.2) is 47.5 Å². The van der Waals surface area contributed by atoms with E-state index in [2.05, 4.69) is 20.7 Å². The van der Waals surface area contributed by atoms with E-state index < -0.39 is 29.5 Å². The normalized spacial score (nSPS) is 31.5. The molecule has 0 aromatic heterocycles. The van der Waals surface area contributed by atoms with Crippen LogP contribution in [0, 0.1) is 5.41 Å².